The molecule has 3 rings (SSSR count). The molecule has 148 valence electrons. The van der Waals surface area contributed by atoms with Crippen LogP contribution in [0, 0.1) is 0 Å². The summed E-state index contributed by atoms with van der Waals surface area (Å²) < 4.78 is 0. The van der Waals surface area contributed by atoms with E-state index in [1.54, 1.807) is 12.4 Å². The molecule has 3 aromatic rings. The first-order valence-corrected chi connectivity index (χ1v) is 9.47. The van der Waals surface area contributed by atoms with Gasteiger partial charge in [0.25, 0.3) is 0 Å². The minimum Gasteiger partial charge on any atom is -0.388 e. The van der Waals surface area contributed by atoms with E-state index in [1.807, 2.05) is 45.1 Å². The second-order valence-corrected chi connectivity index (χ2v) is 6.88. The lowest BCUT2D eigenvalue weighted by molar-refractivity contribution is 0.530. The maximum Gasteiger partial charge on any atom is 0.138 e. The first-order chi connectivity index (χ1) is 14.0. The predicted molar refractivity (Wildman–Crippen MR) is 124 cm³/mol. The summed E-state index contributed by atoms with van der Waals surface area (Å²) in [5, 5.41) is 3.26. The third-order valence-corrected chi connectivity index (χ3v) is 4.86. The third kappa shape index (κ3) is 4.14. The van der Waals surface area contributed by atoms with E-state index in [0.29, 0.717) is 0 Å². The molecule has 0 unspecified atom stereocenters. The molecule has 5 nitrogen and oxygen atoms in total. The normalized spacial score (nSPS) is 12.1. The zero-order chi connectivity index (χ0) is 21.0. The molecule has 2 heterocycles. The van der Waals surface area contributed by atoms with Crippen LogP contribution < -0.4 is 5.32 Å². The van der Waals surface area contributed by atoms with Crippen molar-refractivity contribution >= 4 is 27.9 Å². The van der Waals surface area contributed by atoms with Gasteiger partial charge in [-0.25, -0.2) is 4.98 Å². The zero-order valence-corrected chi connectivity index (χ0v) is 17.5. The van der Waals surface area contributed by atoms with E-state index in [-0.39, 0.29) is 0 Å². The summed E-state index contributed by atoms with van der Waals surface area (Å²) in [6.45, 7) is 10.3. The van der Waals surface area contributed by atoms with Gasteiger partial charge in [0.05, 0.1) is 17.2 Å². The van der Waals surface area contributed by atoms with Crippen LogP contribution in [-0.2, 0) is 0 Å². The molecule has 0 bridgehead atoms. The summed E-state index contributed by atoms with van der Waals surface area (Å²) in [5.74, 6) is 0.735. The lowest BCUT2D eigenvalue weighted by Crippen LogP contribution is -2.09. The Kier molecular flexibility index (Phi) is 5.98. The second-order valence-electron chi connectivity index (χ2n) is 6.88. The Labute approximate surface area is 172 Å². The van der Waals surface area contributed by atoms with Crippen molar-refractivity contribution in [2.45, 2.75) is 6.92 Å². The first kappa shape index (κ1) is 20.1. The Morgan fingerprint density at radius 2 is 2.03 bits per heavy atom. The summed E-state index contributed by atoms with van der Waals surface area (Å²) in [6.07, 6.45) is 9.59. The van der Waals surface area contributed by atoms with Gasteiger partial charge in [0.2, 0.25) is 0 Å². The average molecular weight is 386 g/mol. The molecule has 0 radical (unpaired) electrons. The highest BCUT2D eigenvalue weighted by molar-refractivity contribution is 5.88. The van der Waals surface area contributed by atoms with Gasteiger partial charge >= 0.3 is 0 Å². The molecule has 1 aromatic carbocycles. The quantitative estimate of drug-likeness (QED) is 0.556. The molecule has 0 atom stereocenters. The lowest BCUT2D eigenvalue weighted by atomic mass is 9.96. The van der Waals surface area contributed by atoms with Crippen molar-refractivity contribution in [3.63, 3.8) is 0 Å². The largest absolute Gasteiger partial charge is 0.388 e. The van der Waals surface area contributed by atoms with E-state index in [1.165, 1.54) is 0 Å². The number of nitrogens with one attached hydrogen (secondary N) is 2. The van der Waals surface area contributed by atoms with Gasteiger partial charge in [-0.3, -0.25) is 4.98 Å². The maximum absolute atomic E-state index is 4.67. The minimum atomic E-state index is 0.735. The molecule has 0 aliphatic heterocycles. The van der Waals surface area contributed by atoms with Gasteiger partial charge in [-0.15, -0.1) is 0 Å². The van der Waals surface area contributed by atoms with Crippen LogP contribution in [0.15, 0.2) is 73.7 Å². The van der Waals surface area contributed by atoms with Gasteiger partial charge in [0.15, 0.2) is 0 Å². The van der Waals surface area contributed by atoms with Crippen LogP contribution in [0.2, 0.25) is 0 Å². The fourth-order valence-electron chi connectivity index (χ4n) is 3.18. The molecular formula is C24H27N5. The molecule has 0 saturated carbocycles. The highest BCUT2D eigenvalue weighted by atomic mass is 15.1. The number of benzene rings is 1. The predicted octanol–water partition coefficient (Wildman–Crippen LogP) is 5.10. The number of imidazole rings is 1. The fourth-order valence-corrected chi connectivity index (χ4v) is 3.18. The monoisotopic (exact) mass is 385 g/mol. The van der Waals surface area contributed by atoms with Crippen LogP contribution in [-0.4, -0.2) is 41.0 Å². The molecule has 0 spiro atoms. The van der Waals surface area contributed by atoms with Crippen LogP contribution >= 0.6 is 0 Å². The molecule has 0 aliphatic carbocycles. The zero-order valence-electron chi connectivity index (χ0n) is 17.5. The molecule has 0 amide bonds. The SMILES string of the molecule is C=C/C(=C\C(=C/C)c1ccc(NC)c(C(=C)c2nc3ccncc3[nH]2)c1)N(C)C. The third-order valence-electron chi connectivity index (χ3n) is 4.86. The number of fused-ring (bicyclic) bond motifs is 1. The Balaban J connectivity index is 2.07. The van der Waals surface area contributed by atoms with Gasteiger partial charge < -0.3 is 15.2 Å². The van der Waals surface area contributed by atoms with Crippen LogP contribution in [0.4, 0.5) is 5.69 Å². The van der Waals surface area contributed by atoms with Crippen LogP contribution in [0.3, 0.4) is 0 Å². The summed E-state index contributed by atoms with van der Waals surface area (Å²) in [6, 6.07) is 8.20. The van der Waals surface area contributed by atoms with Crippen LogP contribution in [0.5, 0.6) is 0 Å². The number of pyridine rings is 1. The molecule has 0 aliphatic rings. The number of likely N-dealkylation sites (N-methyl/N-ethyl adjacent to an activating group) is 1. The standard InChI is InChI=1S/C24H27N5/c1-7-17(13-19(8-2)29(5)6)18-9-10-21(25-4)20(14-18)16(3)24-27-22-11-12-26-15-23(22)28-24/h7-15,25H,2-3H2,1,4-6H3,(H,27,28)/b17-7+,19-13+. The number of aromatic amines is 1. The second kappa shape index (κ2) is 8.61. The Hall–Kier alpha value is -3.60. The maximum atomic E-state index is 4.67. The molecule has 2 N–H and O–H groups in total. The van der Waals surface area contributed by atoms with Crippen molar-refractivity contribution in [2.75, 3.05) is 26.5 Å². The van der Waals surface area contributed by atoms with Gasteiger partial charge in [-0.1, -0.05) is 25.3 Å². The van der Waals surface area contributed by atoms with Crippen molar-refractivity contribution in [1.29, 1.82) is 0 Å². The number of H-pyrrole nitrogens is 1. The van der Waals surface area contributed by atoms with Crippen molar-refractivity contribution < 1.29 is 0 Å². The van der Waals surface area contributed by atoms with E-state index in [2.05, 4.69) is 63.8 Å². The first-order valence-electron chi connectivity index (χ1n) is 9.47. The van der Waals surface area contributed by atoms with Gasteiger partial charge in [-0.05, 0) is 48.4 Å². The number of aromatic nitrogens is 3. The van der Waals surface area contributed by atoms with Crippen molar-refractivity contribution in [3.05, 3.63) is 90.7 Å². The number of allylic oxidation sites excluding steroid dienone is 4. The number of hydrogen-bond donors (Lipinski definition) is 2. The molecule has 0 fully saturated rings. The van der Waals surface area contributed by atoms with Gasteiger partial charge in [0, 0.05) is 49.9 Å². The molecule has 5 heteroatoms. The van der Waals surface area contributed by atoms with Crippen molar-refractivity contribution in [2.24, 2.45) is 0 Å². The smallest absolute Gasteiger partial charge is 0.138 e. The molecular weight excluding hydrogens is 358 g/mol. The number of rotatable bonds is 7. The Morgan fingerprint density at radius 1 is 1.24 bits per heavy atom. The lowest BCUT2D eigenvalue weighted by Gasteiger charge is -2.16. The summed E-state index contributed by atoms with van der Waals surface area (Å²) in [5.41, 5.74) is 7.83. The topological polar surface area (TPSA) is 56.8 Å². The molecule has 29 heavy (non-hydrogen) atoms. The van der Waals surface area contributed by atoms with Gasteiger partial charge in [0.1, 0.15) is 5.82 Å². The van der Waals surface area contributed by atoms with E-state index < -0.39 is 0 Å². The van der Waals surface area contributed by atoms with Crippen LogP contribution in [0.1, 0.15) is 23.9 Å². The summed E-state index contributed by atoms with van der Waals surface area (Å²) >= 11 is 0. The average Bonchev–Trinajstić information content (AvgIpc) is 3.17. The van der Waals surface area contributed by atoms with Gasteiger partial charge in [-0.2, -0.15) is 0 Å². The van der Waals surface area contributed by atoms with Crippen molar-refractivity contribution in [3.8, 4) is 0 Å². The summed E-state index contributed by atoms with van der Waals surface area (Å²) in [4.78, 5) is 14.2. The van der Waals surface area contributed by atoms with Crippen molar-refractivity contribution in [1.82, 2.24) is 19.9 Å². The van der Waals surface area contributed by atoms with E-state index in [9.17, 15) is 0 Å². The summed E-state index contributed by atoms with van der Waals surface area (Å²) in [7, 11) is 5.93. The molecule has 2 aromatic heterocycles. The number of hydrogen-bond acceptors (Lipinski definition) is 4. The highest BCUT2D eigenvalue weighted by Crippen LogP contribution is 2.31. The van der Waals surface area contributed by atoms with E-state index in [4.69, 9.17) is 0 Å². The van der Waals surface area contributed by atoms with E-state index in [0.717, 1.165) is 50.5 Å². The van der Waals surface area contributed by atoms with E-state index >= 15 is 0 Å². The number of anilines is 1. The van der Waals surface area contributed by atoms with Crippen LogP contribution in [0.25, 0.3) is 22.2 Å². The highest BCUT2D eigenvalue weighted by Gasteiger charge is 2.14. The number of nitrogens with zero attached hydrogens (tertiary/aromatic N) is 3. The fraction of sp³-hybridized carbons (Fsp3) is 0.167. The Bertz CT molecular complexity index is 1080. The minimum absolute atomic E-state index is 0.735. The Morgan fingerprint density at radius 3 is 2.66 bits per heavy atom. The molecule has 0 saturated heterocycles.